The summed E-state index contributed by atoms with van der Waals surface area (Å²) in [5.41, 5.74) is 8.27. The molecule has 0 bridgehead atoms. The van der Waals surface area contributed by atoms with E-state index in [1.54, 1.807) is 6.07 Å². The summed E-state index contributed by atoms with van der Waals surface area (Å²) < 4.78 is 39.7. The molecule has 5 nitrogen and oxygen atoms in total. The van der Waals surface area contributed by atoms with Gasteiger partial charge in [-0.3, -0.25) is 0 Å². The third-order valence-electron chi connectivity index (χ3n) is 2.50. The van der Waals surface area contributed by atoms with Gasteiger partial charge in [0.05, 0.1) is 11.4 Å². The lowest BCUT2D eigenvalue weighted by Crippen LogP contribution is -2.07. The molecule has 0 spiro atoms. The SMILES string of the molecule is Cc1cc(C(F)(F)F)nn1-c1ccc(Br)cc1N=[N+]=[N-]. The van der Waals surface area contributed by atoms with Crippen LogP contribution in [-0.2, 0) is 6.18 Å². The summed E-state index contributed by atoms with van der Waals surface area (Å²) in [5.74, 6) is 0. The van der Waals surface area contributed by atoms with Crippen molar-refractivity contribution in [1.29, 1.82) is 0 Å². The molecule has 0 atom stereocenters. The number of nitrogens with zero attached hydrogens (tertiary/aromatic N) is 5. The normalized spacial score (nSPS) is 11.2. The zero-order chi connectivity index (χ0) is 14.9. The Morgan fingerprint density at radius 3 is 2.60 bits per heavy atom. The van der Waals surface area contributed by atoms with E-state index in [0.717, 1.165) is 10.7 Å². The third-order valence-corrected chi connectivity index (χ3v) is 2.99. The van der Waals surface area contributed by atoms with Gasteiger partial charge in [0.25, 0.3) is 0 Å². The molecule has 0 amide bonds. The summed E-state index contributed by atoms with van der Waals surface area (Å²) in [6.45, 7) is 1.49. The van der Waals surface area contributed by atoms with E-state index in [4.69, 9.17) is 5.53 Å². The van der Waals surface area contributed by atoms with E-state index >= 15 is 0 Å². The summed E-state index contributed by atoms with van der Waals surface area (Å²) in [4.78, 5) is 2.66. The maximum Gasteiger partial charge on any atom is 0.435 e. The van der Waals surface area contributed by atoms with Gasteiger partial charge in [-0.25, -0.2) is 4.68 Å². The molecule has 2 rings (SSSR count). The summed E-state index contributed by atoms with van der Waals surface area (Å²) >= 11 is 3.20. The van der Waals surface area contributed by atoms with Gasteiger partial charge < -0.3 is 0 Å². The molecule has 20 heavy (non-hydrogen) atoms. The van der Waals surface area contributed by atoms with E-state index in [0.29, 0.717) is 4.47 Å². The summed E-state index contributed by atoms with van der Waals surface area (Å²) in [6.07, 6.45) is -4.52. The lowest BCUT2D eigenvalue weighted by molar-refractivity contribution is -0.141. The maximum absolute atomic E-state index is 12.6. The first-order valence-corrected chi connectivity index (χ1v) is 6.11. The molecule has 0 aliphatic heterocycles. The average molecular weight is 346 g/mol. The fourth-order valence-corrected chi connectivity index (χ4v) is 2.01. The number of hydrogen-bond donors (Lipinski definition) is 0. The molecule has 0 unspecified atom stereocenters. The van der Waals surface area contributed by atoms with Gasteiger partial charge in [0.2, 0.25) is 0 Å². The van der Waals surface area contributed by atoms with Gasteiger partial charge in [-0.05, 0) is 36.7 Å². The predicted molar refractivity (Wildman–Crippen MR) is 69.8 cm³/mol. The minimum atomic E-state index is -4.52. The van der Waals surface area contributed by atoms with Crippen molar-refractivity contribution >= 4 is 21.6 Å². The maximum atomic E-state index is 12.6. The van der Waals surface area contributed by atoms with E-state index in [1.807, 2.05) is 0 Å². The molecule has 2 aromatic rings. The van der Waals surface area contributed by atoms with Crippen molar-refractivity contribution in [1.82, 2.24) is 9.78 Å². The van der Waals surface area contributed by atoms with Crippen LogP contribution in [-0.4, -0.2) is 9.78 Å². The minimum absolute atomic E-state index is 0.182. The molecule has 1 aromatic heterocycles. The first-order chi connectivity index (χ1) is 9.32. The highest BCUT2D eigenvalue weighted by molar-refractivity contribution is 9.10. The molecule has 0 radical (unpaired) electrons. The van der Waals surface area contributed by atoms with Crippen molar-refractivity contribution in [2.24, 2.45) is 5.11 Å². The second-order valence-corrected chi connectivity index (χ2v) is 4.82. The highest BCUT2D eigenvalue weighted by atomic mass is 79.9. The molecule has 0 fully saturated rings. The number of rotatable bonds is 2. The number of aromatic nitrogens is 2. The predicted octanol–water partition coefficient (Wildman–Crippen LogP) is 4.90. The Morgan fingerprint density at radius 1 is 1.35 bits per heavy atom. The van der Waals surface area contributed by atoms with Crippen LogP contribution in [0.3, 0.4) is 0 Å². The number of hydrogen-bond acceptors (Lipinski definition) is 2. The number of azide groups is 1. The van der Waals surface area contributed by atoms with Gasteiger partial charge >= 0.3 is 6.18 Å². The van der Waals surface area contributed by atoms with E-state index < -0.39 is 11.9 Å². The van der Waals surface area contributed by atoms with Gasteiger partial charge in [0.15, 0.2) is 5.69 Å². The van der Waals surface area contributed by atoms with Gasteiger partial charge in [0.1, 0.15) is 0 Å². The van der Waals surface area contributed by atoms with Gasteiger partial charge in [-0.15, -0.1) is 0 Å². The quantitative estimate of drug-likeness (QED) is 0.433. The highest BCUT2D eigenvalue weighted by Gasteiger charge is 2.34. The molecule has 0 saturated heterocycles. The van der Waals surface area contributed by atoms with Crippen molar-refractivity contribution in [3.8, 4) is 5.69 Å². The van der Waals surface area contributed by atoms with Crippen LogP contribution in [0.4, 0.5) is 18.9 Å². The second kappa shape index (κ2) is 5.18. The second-order valence-electron chi connectivity index (χ2n) is 3.90. The van der Waals surface area contributed by atoms with Gasteiger partial charge in [0, 0.05) is 15.1 Å². The fraction of sp³-hybridized carbons (Fsp3) is 0.182. The molecule has 0 N–H and O–H groups in total. The Balaban J connectivity index is 2.63. The van der Waals surface area contributed by atoms with Gasteiger partial charge in [-0.2, -0.15) is 18.3 Å². The molecule has 0 aliphatic rings. The molecule has 0 saturated carbocycles. The highest BCUT2D eigenvalue weighted by Crippen LogP contribution is 2.32. The zero-order valence-electron chi connectivity index (χ0n) is 10.1. The molecule has 104 valence electrons. The Bertz CT molecular complexity index is 701. The number of aryl methyl sites for hydroxylation is 1. The molecular weight excluding hydrogens is 339 g/mol. The Labute approximate surface area is 119 Å². The number of alkyl halides is 3. The summed E-state index contributed by atoms with van der Waals surface area (Å²) in [6, 6.07) is 5.58. The Kier molecular flexibility index (Phi) is 3.74. The van der Waals surface area contributed by atoms with Crippen LogP contribution in [0.15, 0.2) is 33.9 Å². The monoisotopic (exact) mass is 345 g/mol. The first kappa shape index (κ1) is 14.4. The van der Waals surface area contributed by atoms with Crippen LogP contribution in [0.2, 0.25) is 0 Å². The van der Waals surface area contributed by atoms with Crippen molar-refractivity contribution in [3.05, 3.63) is 50.6 Å². The lowest BCUT2D eigenvalue weighted by Gasteiger charge is -2.08. The molecule has 1 aromatic carbocycles. The van der Waals surface area contributed by atoms with E-state index in [9.17, 15) is 13.2 Å². The van der Waals surface area contributed by atoms with Crippen molar-refractivity contribution in [2.45, 2.75) is 13.1 Å². The van der Waals surface area contributed by atoms with Crippen molar-refractivity contribution < 1.29 is 13.2 Å². The average Bonchev–Trinajstić information content (AvgIpc) is 2.72. The summed E-state index contributed by atoms with van der Waals surface area (Å²) in [5, 5.41) is 6.98. The topological polar surface area (TPSA) is 66.6 Å². The Morgan fingerprint density at radius 2 is 2.05 bits per heavy atom. The smallest absolute Gasteiger partial charge is 0.237 e. The zero-order valence-corrected chi connectivity index (χ0v) is 11.6. The molecule has 9 heteroatoms. The lowest BCUT2D eigenvalue weighted by atomic mass is 10.2. The van der Waals surface area contributed by atoms with Crippen molar-refractivity contribution in [3.63, 3.8) is 0 Å². The van der Waals surface area contributed by atoms with E-state index in [-0.39, 0.29) is 17.1 Å². The number of benzene rings is 1. The van der Waals surface area contributed by atoms with Crippen LogP contribution in [0.5, 0.6) is 0 Å². The third kappa shape index (κ3) is 2.78. The largest absolute Gasteiger partial charge is 0.435 e. The van der Waals surface area contributed by atoms with E-state index in [2.05, 4.69) is 31.1 Å². The standard InChI is InChI=1S/C11H7BrF3N5/c1-6-4-10(11(13,14)15)18-20(6)9-3-2-7(12)5-8(9)17-19-16/h2-5H,1H3. The first-order valence-electron chi connectivity index (χ1n) is 5.32. The minimum Gasteiger partial charge on any atom is -0.237 e. The van der Waals surface area contributed by atoms with Crippen LogP contribution in [0.1, 0.15) is 11.4 Å². The van der Waals surface area contributed by atoms with E-state index in [1.165, 1.54) is 19.1 Å². The molecule has 0 aliphatic carbocycles. The van der Waals surface area contributed by atoms with Gasteiger partial charge in [-0.1, -0.05) is 21.0 Å². The van der Waals surface area contributed by atoms with Crippen LogP contribution < -0.4 is 0 Å². The Hall–Kier alpha value is -1.99. The molecule has 1 heterocycles. The van der Waals surface area contributed by atoms with Crippen LogP contribution in [0.25, 0.3) is 16.1 Å². The van der Waals surface area contributed by atoms with Crippen LogP contribution in [0, 0.1) is 6.92 Å². The number of halogens is 4. The van der Waals surface area contributed by atoms with Crippen LogP contribution >= 0.6 is 15.9 Å². The fourth-order valence-electron chi connectivity index (χ4n) is 1.66. The summed E-state index contributed by atoms with van der Waals surface area (Å²) in [7, 11) is 0. The van der Waals surface area contributed by atoms with Crippen molar-refractivity contribution in [2.75, 3.05) is 0 Å². The molecular formula is C11H7BrF3N5.